The van der Waals surface area contributed by atoms with Gasteiger partial charge in [-0.2, -0.15) is 5.26 Å². The molecule has 2 fully saturated rings. The minimum absolute atomic E-state index is 0.549. The first-order valence-electron chi connectivity index (χ1n) is 7.47. The third kappa shape index (κ3) is 1.90. The maximum Gasteiger partial charge on any atom is 0.144 e. The van der Waals surface area contributed by atoms with Crippen LogP contribution in [0, 0.1) is 22.7 Å². The zero-order valence-corrected chi connectivity index (χ0v) is 11.2. The number of rotatable bonds is 4. The van der Waals surface area contributed by atoms with E-state index in [1.807, 2.05) is 6.07 Å². The summed E-state index contributed by atoms with van der Waals surface area (Å²) in [6.07, 6.45) is 8.87. The number of nitrogens with zero attached hydrogens (tertiary/aromatic N) is 2. The van der Waals surface area contributed by atoms with Gasteiger partial charge in [0.2, 0.25) is 0 Å². The summed E-state index contributed by atoms with van der Waals surface area (Å²) in [5.74, 6) is 1.77. The molecule has 3 aliphatic rings. The molecule has 1 heterocycles. The van der Waals surface area contributed by atoms with E-state index in [-0.39, 0.29) is 0 Å². The minimum Gasteiger partial charge on any atom is -0.368 e. The largest absolute Gasteiger partial charge is 0.368 e. The van der Waals surface area contributed by atoms with Crippen LogP contribution in [0.2, 0.25) is 0 Å². The molecule has 3 heteroatoms. The van der Waals surface area contributed by atoms with Gasteiger partial charge in [0.1, 0.15) is 11.9 Å². The Labute approximate surface area is 114 Å². The van der Waals surface area contributed by atoms with E-state index in [4.69, 9.17) is 4.98 Å². The fourth-order valence-corrected chi connectivity index (χ4v) is 3.54. The molecule has 1 aromatic rings. The van der Waals surface area contributed by atoms with Gasteiger partial charge in [-0.3, -0.25) is 0 Å². The molecule has 0 radical (unpaired) electrons. The highest BCUT2D eigenvalue weighted by Gasteiger charge is 2.53. The summed E-state index contributed by atoms with van der Waals surface area (Å²) in [6.45, 7) is 1.01. The monoisotopic (exact) mass is 253 g/mol. The Morgan fingerprint density at radius 3 is 2.89 bits per heavy atom. The first kappa shape index (κ1) is 11.3. The average Bonchev–Trinajstić information content (AvgIpc) is 3.32. The summed E-state index contributed by atoms with van der Waals surface area (Å²) < 4.78 is 0. The van der Waals surface area contributed by atoms with E-state index in [1.54, 1.807) is 0 Å². The molecule has 0 amide bonds. The second-order valence-corrected chi connectivity index (χ2v) is 6.45. The van der Waals surface area contributed by atoms with Crippen molar-refractivity contribution in [2.45, 2.75) is 44.9 Å². The molecular formula is C16H19N3. The number of aryl methyl sites for hydroxylation is 2. The number of hydrogen-bond donors (Lipinski definition) is 1. The van der Waals surface area contributed by atoms with E-state index < -0.39 is 0 Å². The van der Waals surface area contributed by atoms with Crippen molar-refractivity contribution in [1.29, 1.82) is 5.26 Å². The lowest BCUT2D eigenvalue weighted by Gasteiger charge is -2.16. The third-order valence-corrected chi connectivity index (χ3v) is 5.11. The number of fused-ring (bicyclic) bond motifs is 1. The van der Waals surface area contributed by atoms with Crippen LogP contribution in [-0.2, 0) is 12.8 Å². The van der Waals surface area contributed by atoms with E-state index in [0.29, 0.717) is 5.41 Å². The number of nitriles is 1. The van der Waals surface area contributed by atoms with Crippen LogP contribution in [0.15, 0.2) is 6.07 Å². The number of aromatic nitrogens is 1. The van der Waals surface area contributed by atoms with Crippen LogP contribution in [-0.4, -0.2) is 11.5 Å². The highest BCUT2D eigenvalue weighted by molar-refractivity contribution is 5.55. The van der Waals surface area contributed by atoms with Crippen LogP contribution >= 0.6 is 0 Å². The number of pyridine rings is 1. The van der Waals surface area contributed by atoms with E-state index in [1.165, 1.54) is 43.4 Å². The van der Waals surface area contributed by atoms with Crippen molar-refractivity contribution in [3.05, 3.63) is 22.9 Å². The van der Waals surface area contributed by atoms with Crippen molar-refractivity contribution >= 4 is 5.82 Å². The van der Waals surface area contributed by atoms with Gasteiger partial charge in [-0.05, 0) is 67.9 Å². The average molecular weight is 253 g/mol. The molecule has 0 aliphatic heterocycles. The van der Waals surface area contributed by atoms with Crippen LogP contribution < -0.4 is 5.32 Å². The van der Waals surface area contributed by atoms with Gasteiger partial charge in [0.05, 0.1) is 5.56 Å². The smallest absolute Gasteiger partial charge is 0.144 e. The molecule has 3 aliphatic carbocycles. The fraction of sp³-hybridized carbons (Fsp3) is 0.625. The van der Waals surface area contributed by atoms with E-state index in [0.717, 1.165) is 36.7 Å². The molecule has 0 bridgehead atoms. The Kier molecular flexibility index (Phi) is 2.35. The predicted octanol–water partition coefficient (Wildman–Crippen LogP) is 3.04. The SMILES string of the molecule is N#Cc1cc2c(nc1NCC1(C3CC3)CC1)CCC2. The van der Waals surface area contributed by atoms with Gasteiger partial charge in [-0.25, -0.2) is 4.98 Å². The fourth-order valence-electron chi connectivity index (χ4n) is 3.54. The van der Waals surface area contributed by atoms with Crippen LogP contribution in [0.1, 0.15) is 48.9 Å². The topological polar surface area (TPSA) is 48.7 Å². The van der Waals surface area contributed by atoms with Gasteiger partial charge in [0.15, 0.2) is 0 Å². The van der Waals surface area contributed by atoms with Gasteiger partial charge in [0.25, 0.3) is 0 Å². The summed E-state index contributed by atoms with van der Waals surface area (Å²) in [5, 5.41) is 12.8. The van der Waals surface area contributed by atoms with Crippen LogP contribution in [0.4, 0.5) is 5.82 Å². The second-order valence-electron chi connectivity index (χ2n) is 6.45. The summed E-state index contributed by atoms with van der Waals surface area (Å²) in [7, 11) is 0. The maximum absolute atomic E-state index is 9.29. The van der Waals surface area contributed by atoms with Gasteiger partial charge >= 0.3 is 0 Å². The lowest BCUT2D eigenvalue weighted by molar-refractivity contribution is 0.466. The molecule has 0 saturated heterocycles. The molecule has 98 valence electrons. The van der Waals surface area contributed by atoms with Crippen LogP contribution in [0.3, 0.4) is 0 Å². The highest BCUT2D eigenvalue weighted by Crippen LogP contribution is 2.61. The molecule has 1 aromatic heterocycles. The van der Waals surface area contributed by atoms with Crippen molar-refractivity contribution in [1.82, 2.24) is 4.98 Å². The Morgan fingerprint density at radius 2 is 2.21 bits per heavy atom. The number of nitrogens with one attached hydrogen (secondary N) is 1. The molecule has 4 rings (SSSR count). The molecule has 19 heavy (non-hydrogen) atoms. The molecule has 0 aromatic carbocycles. The minimum atomic E-state index is 0.549. The van der Waals surface area contributed by atoms with Gasteiger partial charge < -0.3 is 5.32 Å². The van der Waals surface area contributed by atoms with Gasteiger partial charge in [-0.1, -0.05) is 0 Å². The van der Waals surface area contributed by atoms with Crippen LogP contribution in [0.5, 0.6) is 0 Å². The van der Waals surface area contributed by atoms with E-state index >= 15 is 0 Å². The van der Waals surface area contributed by atoms with Crippen molar-refractivity contribution in [3.63, 3.8) is 0 Å². The third-order valence-electron chi connectivity index (χ3n) is 5.11. The molecular weight excluding hydrogens is 234 g/mol. The highest BCUT2D eigenvalue weighted by atomic mass is 15.0. The first-order chi connectivity index (χ1) is 9.31. The lowest BCUT2D eigenvalue weighted by Crippen LogP contribution is -2.19. The molecule has 2 saturated carbocycles. The summed E-state index contributed by atoms with van der Waals surface area (Å²) in [6, 6.07) is 4.35. The Balaban J connectivity index is 1.55. The zero-order chi connectivity index (χ0) is 12.9. The van der Waals surface area contributed by atoms with Gasteiger partial charge in [0, 0.05) is 12.2 Å². The van der Waals surface area contributed by atoms with Crippen molar-refractivity contribution in [2.24, 2.45) is 11.3 Å². The molecule has 0 unspecified atom stereocenters. The Bertz CT molecular complexity index is 562. The van der Waals surface area contributed by atoms with Gasteiger partial charge in [-0.15, -0.1) is 0 Å². The van der Waals surface area contributed by atoms with Crippen molar-refractivity contribution < 1.29 is 0 Å². The second kappa shape index (κ2) is 3.96. The maximum atomic E-state index is 9.29. The summed E-state index contributed by atoms with van der Waals surface area (Å²) >= 11 is 0. The normalized spacial score (nSPS) is 22.7. The first-order valence-corrected chi connectivity index (χ1v) is 7.47. The number of hydrogen-bond acceptors (Lipinski definition) is 3. The van der Waals surface area contributed by atoms with Crippen molar-refractivity contribution in [2.75, 3.05) is 11.9 Å². The standard InChI is InChI=1S/C16H19N3/c17-9-12-8-11-2-1-3-14(11)19-15(12)18-10-16(6-7-16)13-4-5-13/h8,13H,1-7,10H2,(H,18,19). The lowest BCUT2D eigenvalue weighted by atomic mass is 10.0. The summed E-state index contributed by atoms with van der Waals surface area (Å²) in [5.41, 5.74) is 3.77. The van der Waals surface area contributed by atoms with Crippen LogP contribution in [0.25, 0.3) is 0 Å². The van der Waals surface area contributed by atoms with E-state index in [2.05, 4.69) is 11.4 Å². The summed E-state index contributed by atoms with van der Waals surface area (Å²) in [4.78, 5) is 4.70. The molecule has 3 nitrogen and oxygen atoms in total. The van der Waals surface area contributed by atoms with Crippen molar-refractivity contribution in [3.8, 4) is 6.07 Å². The predicted molar refractivity (Wildman–Crippen MR) is 73.9 cm³/mol. The molecule has 0 spiro atoms. The quantitative estimate of drug-likeness (QED) is 0.897. The molecule has 1 N–H and O–H groups in total. The molecule has 0 atom stereocenters. The number of anilines is 1. The Morgan fingerprint density at radius 1 is 1.37 bits per heavy atom. The zero-order valence-electron chi connectivity index (χ0n) is 11.2. The van der Waals surface area contributed by atoms with E-state index in [9.17, 15) is 5.26 Å². The Hall–Kier alpha value is -1.56.